The summed E-state index contributed by atoms with van der Waals surface area (Å²) < 4.78 is 1.04. The number of piperidine rings is 1. The molecular formula is C14H18BrClN2O. The number of nitrogens with one attached hydrogen (secondary N) is 2. The number of amides is 1. The van der Waals surface area contributed by atoms with E-state index in [0.717, 1.165) is 47.4 Å². The zero-order valence-corrected chi connectivity index (χ0v) is 13.1. The van der Waals surface area contributed by atoms with Crippen molar-refractivity contribution in [3.8, 4) is 0 Å². The van der Waals surface area contributed by atoms with Crippen LogP contribution in [0.1, 0.15) is 18.4 Å². The second kappa shape index (κ2) is 7.27. The van der Waals surface area contributed by atoms with Gasteiger partial charge in [0.25, 0.3) is 0 Å². The number of carbonyl (C=O) groups is 1. The number of benzene rings is 1. The summed E-state index contributed by atoms with van der Waals surface area (Å²) in [7, 11) is 0. The number of hydrogen-bond donors (Lipinski definition) is 2. The largest absolute Gasteiger partial charge is 0.356 e. The first-order valence-corrected chi connectivity index (χ1v) is 7.76. The van der Waals surface area contributed by atoms with Crippen molar-refractivity contribution in [3.63, 3.8) is 0 Å². The Morgan fingerprint density at radius 1 is 1.42 bits per heavy atom. The molecule has 0 bridgehead atoms. The van der Waals surface area contributed by atoms with Crippen LogP contribution in [0.2, 0.25) is 5.02 Å². The van der Waals surface area contributed by atoms with E-state index in [-0.39, 0.29) is 11.8 Å². The summed E-state index contributed by atoms with van der Waals surface area (Å²) in [5.74, 6) is 0.351. The highest BCUT2D eigenvalue weighted by atomic mass is 79.9. The molecule has 1 heterocycles. The minimum Gasteiger partial charge on any atom is -0.356 e. The van der Waals surface area contributed by atoms with E-state index in [4.69, 9.17) is 11.6 Å². The SMILES string of the molecule is O=C(NCCc1cc(Cl)ccc1Br)C1CCNCC1. The Balaban J connectivity index is 1.79. The maximum atomic E-state index is 12.0. The van der Waals surface area contributed by atoms with Crippen molar-refractivity contribution in [1.29, 1.82) is 0 Å². The zero-order valence-electron chi connectivity index (χ0n) is 10.7. The standard InChI is InChI=1S/C14H18BrClN2O/c15-13-2-1-12(16)9-11(13)5-8-18-14(19)10-3-6-17-7-4-10/h1-2,9-10,17H,3-8H2,(H,18,19). The smallest absolute Gasteiger partial charge is 0.223 e. The molecule has 0 radical (unpaired) electrons. The lowest BCUT2D eigenvalue weighted by Gasteiger charge is -2.21. The van der Waals surface area contributed by atoms with Gasteiger partial charge in [-0.2, -0.15) is 0 Å². The van der Waals surface area contributed by atoms with Crippen LogP contribution in [0.5, 0.6) is 0 Å². The lowest BCUT2D eigenvalue weighted by Crippen LogP contribution is -2.38. The van der Waals surface area contributed by atoms with Crippen LogP contribution in [0.4, 0.5) is 0 Å². The van der Waals surface area contributed by atoms with Gasteiger partial charge in [0.1, 0.15) is 0 Å². The van der Waals surface area contributed by atoms with Crippen molar-refractivity contribution >= 4 is 33.4 Å². The van der Waals surface area contributed by atoms with E-state index < -0.39 is 0 Å². The molecule has 1 amide bonds. The van der Waals surface area contributed by atoms with Crippen molar-refractivity contribution in [2.45, 2.75) is 19.3 Å². The molecule has 19 heavy (non-hydrogen) atoms. The van der Waals surface area contributed by atoms with Gasteiger partial charge in [-0.15, -0.1) is 0 Å². The van der Waals surface area contributed by atoms with Crippen LogP contribution in [-0.4, -0.2) is 25.5 Å². The van der Waals surface area contributed by atoms with Crippen molar-refractivity contribution in [2.24, 2.45) is 5.92 Å². The number of carbonyl (C=O) groups excluding carboxylic acids is 1. The molecular weight excluding hydrogens is 328 g/mol. The van der Waals surface area contributed by atoms with Gasteiger partial charge >= 0.3 is 0 Å². The number of hydrogen-bond acceptors (Lipinski definition) is 2. The first-order chi connectivity index (χ1) is 9.16. The third-order valence-electron chi connectivity index (χ3n) is 3.41. The Labute approximate surface area is 127 Å². The molecule has 1 fully saturated rings. The predicted octanol–water partition coefficient (Wildman–Crippen LogP) is 2.76. The highest BCUT2D eigenvalue weighted by Crippen LogP contribution is 2.21. The summed E-state index contributed by atoms with van der Waals surface area (Å²) in [6.07, 6.45) is 2.66. The summed E-state index contributed by atoms with van der Waals surface area (Å²) >= 11 is 9.46. The Kier molecular flexibility index (Phi) is 5.67. The molecule has 1 saturated heterocycles. The quantitative estimate of drug-likeness (QED) is 0.881. The molecule has 1 aliphatic heterocycles. The molecule has 1 aromatic rings. The van der Waals surface area contributed by atoms with Crippen molar-refractivity contribution in [1.82, 2.24) is 10.6 Å². The second-order valence-corrected chi connectivity index (χ2v) is 6.09. The fourth-order valence-corrected chi connectivity index (χ4v) is 2.92. The van der Waals surface area contributed by atoms with Crippen molar-refractivity contribution in [2.75, 3.05) is 19.6 Å². The lowest BCUT2D eigenvalue weighted by atomic mass is 9.97. The minimum absolute atomic E-state index is 0.170. The Morgan fingerprint density at radius 3 is 2.89 bits per heavy atom. The lowest BCUT2D eigenvalue weighted by molar-refractivity contribution is -0.125. The molecule has 1 aliphatic rings. The van der Waals surface area contributed by atoms with Gasteiger partial charge in [0, 0.05) is 22.0 Å². The Morgan fingerprint density at radius 2 is 2.16 bits per heavy atom. The average molecular weight is 346 g/mol. The van der Waals surface area contributed by atoms with Gasteiger partial charge in [-0.25, -0.2) is 0 Å². The highest BCUT2D eigenvalue weighted by Gasteiger charge is 2.20. The van der Waals surface area contributed by atoms with Gasteiger partial charge in [0.05, 0.1) is 0 Å². The maximum Gasteiger partial charge on any atom is 0.223 e. The normalized spacial score (nSPS) is 16.3. The molecule has 104 valence electrons. The average Bonchev–Trinajstić information content (AvgIpc) is 2.43. The van der Waals surface area contributed by atoms with Crippen LogP contribution in [0, 0.1) is 5.92 Å². The Bertz CT molecular complexity index is 447. The Hall–Kier alpha value is -0.580. The first-order valence-electron chi connectivity index (χ1n) is 6.59. The van der Waals surface area contributed by atoms with E-state index in [0.29, 0.717) is 6.54 Å². The molecule has 0 saturated carbocycles. The van der Waals surface area contributed by atoms with E-state index >= 15 is 0 Å². The van der Waals surface area contributed by atoms with Gasteiger partial charge < -0.3 is 10.6 Å². The van der Waals surface area contributed by atoms with Crippen molar-refractivity contribution in [3.05, 3.63) is 33.3 Å². The van der Waals surface area contributed by atoms with Crippen LogP contribution in [0.25, 0.3) is 0 Å². The van der Waals surface area contributed by atoms with Gasteiger partial charge in [0.2, 0.25) is 5.91 Å². The molecule has 0 spiro atoms. The molecule has 0 unspecified atom stereocenters. The second-order valence-electron chi connectivity index (χ2n) is 4.80. The zero-order chi connectivity index (χ0) is 13.7. The van der Waals surface area contributed by atoms with Crippen LogP contribution < -0.4 is 10.6 Å². The van der Waals surface area contributed by atoms with Crippen LogP contribution in [-0.2, 0) is 11.2 Å². The summed E-state index contributed by atoms with van der Waals surface area (Å²) in [5, 5.41) is 7.01. The van der Waals surface area contributed by atoms with E-state index in [1.54, 1.807) is 0 Å². The van der Waals surface area contributed by atoms with Crippen molar-refractivity contribution < 1.29 is 4.79 Å². The summed E-state index contributed by atoms with van der Waals surface area (Å²) in [6, 6.07) is 5.72. The van der Waals surface area contributed by atoms with Gasteiger partial charge in [-0.3, -0.25) is 4.79 Å². The minimum atomic E-state index is 0.170. The van der Waals surface area contributed by atoms with Gasteiger partial charge in [0.15, 0.2) is 0 Å². The fraction of sp³-hybridized carbons (Fsp3) is 0.500. The van der Waals surface area contributed by atoms with E-state index in [1.165, 1.54) is 0 Å². The molecule has 0 aromatic heterocycles. The third kappa shape index (κ3) is 4.48. The van der Waals surface area contributed by atoms with Gasteiger partial charge in [-0.05, 0) is 56.1 Å². The monoisotopic (exact) mass is 344 g/mol. The van der Waals surface area contributed by atoms with E-state index in [9.17, 15) is 4.79 Å². The number of rotatable bonds is 4. The molecule has 0 atom stereocenters. The molecule has 2 N–H and O–H groups in total. The fourth-order valence-electron chi connectivity index (χ4n) is 2.28. The molecule has 0 aliphatic carbocycles. The van der Waals surface area contributed by atoms with Crippen LogP contribution in [0.3, 0.4) is 0 Å². The highest BCUT2D eigenvalue weighted by molar-refractivity contribution is 9.10. The third-order valence-corrected chi connectivity index (χ3v) is 4.42. The summed E-state index contributed by atoms with van der Waals surface area (Å²) in [6.45, 7) is 2.54. The van der Waals surface area contributed by atoms with Gasteiger partial charge in [-0.1, -0.05) is 27.5 Å². The summed E-state index contributed by atoms with van der Waals surface area (Å²) in [5.41, 5.74) is 1.12. The van der Waals surface area contributed by atoms with E-state index in [2.05, 4.69) is 26.6 Å². The van der Waals surface area contributed by atoms with Crippen LogP contribution in [0.15, 0.2) is 22.7 Å². The first kappa shape index (κ1) is 14.8. The molecule has 3 nitrogen and oxygen atoms in total. The van der Waals surface area contributed by atoms with Crippen LogP contribution >= 0.6 is 27.5 Å². The van der Waals surface area contributed by atoms with E-state index in [1.807, 2.05) is 18.2 Å². The maximum absolute atomic E-state index is 12.0. The predicted molar refractivity (Wildman–Crippen MR) is 81.5 cm³/mol. The molecule has 2 rings (SSSR count). The summed E-state index contributed by atoms with van der Waals surface area (Å²) in [4.78, 5) is 12.0. The topological polar surface area (TPSA) is 41.1 Å². The molecule has 5 heteroatoms. The molecule has 1 aromatic carbocycles. The number of halogens is 2.